The van der Waals surface area contributed by atoms with Gasteiger partial charge in [0, 0.05) is 45.5 Å². The second-order valence-corrected chi connectivity index (χ2v) is 16.2. The SMILES string of the molecule is c1ccc(N2C(c3ccc4ccccc4n3)C(c3ccccn3)=C(c3cc4ccccc4s3)N(c3cccs3)C2(c2cnccn2)c2cccc3ccccc23)cc1. The summed E-state index contributed by atoms with van der Waals surface area (Å²) in [7, 11) is 0. The van der Waals surface area contributed by atoms with E-state index in [2.05, 4.69) is 179 Å². The molecule has 0 aliphatic carbocycles. The maximum atomic E-state index is 5.57. The van der Waals surface area contributed by atoms with E-state index in [1.807, 2.05) is 24.7 Å². The van der Waals surface area contributed by atoms with Crippen LogP contribution < -0.4 is 9.80 Å². The molecule has 0 spiro atoms. The van der Waals surface area contributed by atoms with Crippen molar-refractivity contribution in [2.45, 2.75) is 11.7 Å². The number of hydrogen-bond donors (Lipinski definition) is 0. The van der Waals surface area contributed by atoms with Gasteiger partial charge in [-0.15, -0.1) is 22.7 Å². The minimum absolute atomic E-state index is 0.487. The van der Waals surface area contributed by atoms with Crippen LogP contribution in [0.25, 0.3) is 43.0 Å². The lowest BCUT2D eigenvalue weighted by Gasteiger charge is -2.59. The Kier molecular flexibility index (Phi) is 8.38. The minimum atomic E-state index is -1.15. The Labute approximate surface area is 343 Å². The number of aromatic nitrogens is 4. The Bertz CT molecular complexity index is 3060. The summed E-state index contributed by atoms with van der Waals surface area (Å²) in [5.74, 6) is 0. The molecule has 0 saturated heterocycles. The van der Waals surface area contributed by atoms with Gasteiger partial charge in [0.15, 0.2) is 5.66 Å². The summed E-state index contributed by atoms with van der Waals surface area (Å²) in [4.78, 5) is 27.1. The maximum Gasteiger partial charge on any atom is 0.191 e. The van der Waals surface area contributed by atoms with Gasteiger partial charge in [-0.25, -0.2) is 0 Å². The Morgan fingerprint density at radius 3 is 2.21 bits per heavy atom. The molecule has 8 heteroatoms. The molecule has 5 aromatic heterocycles. The van der Waals surface area contributed by atoms with Gasteiger partial charge >= 0.3 is 0 Å². The van der Waals surface area contributed by atoms with E-state index in [9.17, 15) is 0 Å². The molecule has 10 aromatic rings. The van der Waals surface area contributed by atoms with Crippen molar-refractivity contribution in [2.75, 3.05) is 9.80 Å². The Balaban J connectivity index is 1.42. The maximum absolute atomic E-state index is 5.57. The molecule has 276 valence electrons. The van der Waals surface area contributed by atoms with Crippen molar-refractivity contribution in [1.82, 2.24) is 19.9 Å². The third kappa shape index (κ3) is 5.44. The molecule has 2 unspecified atom stereocenters. The molecule has 58 heavy (non-hydrogen) atoms. The first kappa shape index (κ1) is 34.3. The second-order valence-electron chi connectivity index (χ2n) is 14.2. The summed E-state index contributed by atoms with van der Waals surface area (Å²) < 4.78 is 1.21. The minimum Gasteiger partial charge on any atom is -0.326 e. The first-order valence-corrected chi connectivity index (χ1v) is 20.9. The van der Waals surface area contributed by atoms with Crippen molar-refractivity contribution in [1.29, 1.82) is 0 Å². The standard InChI is InChI=1S/C50H34N6S2/c1-2-18-37(19-3-1)55-48(42-27-26-35-15-5-8-22-40(35)54-42)47(41-23-10-11-28-52-41)49(44-32-36-16-6-9-24-43(36)58-44)56(46-25-13-31-57-46)50(55,45-33-51-29-30-53-45)39-21-12-17-34-14-4-7-20-38(34)39/h1-33,48H. The van der Waals surface area contributed by atoms with E-state index >= 15 is 0 Å². The van der Waals surface area contributed by atoms with E-state index in [-0.39, 0.29) is 0 Å². The molecule has 6 heterocycles. The molecule has 6 nitrogen and oxygen atoms in total. The first-order valence-electron chi connectivity index (χ1n) is 19.2. The Morgan fingerprint density at radius 2 is 1.40 bits per heavy atom. The van der Waals surface area contributed by atoms with Crippen LogP contribution in [0, 0.1) is 0 Å². The van der Waals surface area contributed by atoms with Crippen molar-refractivity contribution in [3.8, 4) is 0 Å². The highest BCUT2D eigenvalue weighted by Gasteiger charge is 2.58. The lowest BCUT2D eigenvalue weighted by molar-refractivity contribution is 0.438. The highest BCUT2D eigenvalue weighted by Crippen LogP contribution is 2.61. The fourth-order valence-corrected chi connectivity index (χ4v) is 10.6. The average molecular weight is 783 g/mol. The summed E-state index contributed by atoms with van der Waals surface area (Å²) in [6.45, 7) is 0. The van der Waals surface area contributed by atoms with Gasteiger partial charge in [0.1, 0.15) is 11.7 Å². The third-order valence-corrected chi connectivity index (χ3v) is 13.0. The van der Waals surface area contributed by atoms with Crippen molar-refractivity contribution in [3.05, 3.63) is 228 Å². The van der Waals surface area contributed by atoms with Gasteiger partial charge in [-0.3, -0.25) is 24.8 Å². The number of hydrogen-bond acceptors (Lipinski definition) is 8. The van der Waals surface area contributed by atoms with Gasteiger partial charge < -0.3 is 4.90 Å². The van der Waals surface area contributed by atoms with Gasteiger partial charge in [-0.2, -0.15) is 0 Å². The largest absolute Gasteiger partial charge is 0.326 e. The van der Waals surface area contributed by atoms with Crippen LogP contribution in [0.1, 0.15) is 33.6 Å². The number of rotatable bonds is 7. The fraction of sp³-hybridized carbons (Fsp3) is 0.0400. The molecule has 0 saturated carbocycles. The molecule has 11 rings (SSSR count). The quantitative estimate of drug-likeness (QED) is 0.160. The highest BCUT2D eigenvalue weighted by molar-refractivity contribution is 7.20. The zero-order valence-electron chi connectivity index (χ0n) is 31.1. The molecule has 0 amide bonds. The normalized spacial score (nSPS) is 17.1. The number of thiophene rings is 2. The molecular weight excluding hydrogens is 749 g/mol. The summed E-state index contributed by atoms with van der Waals surface area (Å²) >= 11 is 3.51. The van der Waals surface area contributed by atoms with Crippen molar-refractivity contribution < 1.29 is 0 Å². The molecule has 0 fully saturated rings. The molecule has 1 aliphatic rings. The van der Waals surface area contributed by atoms with Crippen molar-refractivity contribution in [2.24, 2.45) is 0 Å². The number of nitrogens with zero attached hydrogens (tertiary/aromatic N) is 6. The van der Waals surface area contributed by atoms with Crippen LogP contribution >= 0.6 is 22.7 Å². The number of pyridine rings is 2. The van der Waals surface area contributed by atoms with E-state index in [0.717, 1.165) is 71.2 Å². The summed E-state index contributed by atoms with van der Waals surface area (Å²) in [5, 5.41) is 7.71. The molecule has 5 aromatic carbocycles. The van der Waals surface area contributed by atoms with E-state index in [4.69, 9.17) is 19.9 Å². The third-order valence-electron chi connectivity index (χ3n) is 11.0. The lowest BCUT2D eigenvalue weighted by Crippen LogP contribution is -2.63. The van der Waals surface area contributed by atoms with Crippen molar-refractivity contribution in [3.63, 3.8) is 0 Å². The Morgan fingerprint density at radius 1 is 0.603 bits per heavy atom. The van der Waals surface area contributed by atoms with E-state index < -0.39 is 11.7 Å². The van der Waals surface area contributed by atoms with Gasteiger partial charge in [-0.1, -0.05) is 109 Å². The number of fused-ring (bicyclic) bond motifs is 3. The fourth-order valence-electron chi connectivity index (χ4n) is 8.70. The van der Waals surface area contributed by atoms with E-state index in [1.54, 1.807) is 28.9 Å². The predicted molar refractivity (Wildman–Crippen MR) is 240 cm³/mol. The molecule has 1 aliphatic heterocycles. The van der Waals surface area contributed by atoms with Crippen molar-refractivity contribution >= 4 is 76.4 Å². The Hall–Kier alpha value is -7.00. The van der Waals surface area contributed by atoms with E-state index in [0.29, 0.717) is 0 Å². The smallest absolute Gasteiger partial charge is 0.191 e. The molecule has 0 N–H and O–H groups in total. The number of anilines is 2. The van der Waals surface area contributed by atoms with Gasteiger partial charge in [0.2, 0.25) is 0 Å². The average Bonchev–Trinajstić information content (AvgIpc) is 4.00. The molecule has 0 bridgehead atoms. The van der Waals surface area contributed by atoms with Crippen LogP contribution in [0.3, 0.4) is 0 Å². The zero-order chi connectivity index (χ0) is 38.5. The van der Waals surface area contributed by atoms with Crippen LogP contribution in [-0.2, 0) is 5.66 Å². The van der Waals surface area contributed by atoms with Crippen LogP contribution in [0.2, 0.25) is 0 Å². The van der Waals surface area contributed by atoms with Crippen LogP contribution in [0.5, 0.6) is 0 Å². The molecule has 0 radical (unpaired) electrons. The second kappa shape index (κ2) is 14.2. The lowest BCUT2D eigenvalue weighted by atomic mass is 9.79. The monoisotopic (exact) mass is 782 g/mol. The molecular formula is C50H34N6S2. The van der Waals surface area contributed by atoms with Gasteiger partial charge in [-0.05, 0) is 82.2 Å². The highest BCUT2D eigenvalue weighted by atomic mass is 32.1. The summed E-state index contributed by atoms with van der Waals surface area (Å²) in [5.41, 5.74) is 6.42. The van der Waals surface area contributed by atoms with Crippen LogP contribution in [-0.4, -0.2) is 19.9 Å². The number of benzene rings is 5. The summed E-state index contributed by atoms with van der Waals surface area (Å²) in [6.07, 6.45) is 7.42. The van der Waals surface area contributed by atoms with Gasteiger partial charge in [0.25, 0.3) is 0 Å². The van der Waals surface area contributed by atoms with Crippen LogP contribution in [0.4, 0.5) is 10.7 Å². The van der Waals surface area contributed by atoms with Crippen LogP contribution in [0.15, 0.2) is 200 Å². The van der Waals surface area contributed by atoms with Gasteiger partial charge in [0.05, 0.1) is 38.7 Å². The van der Waals surface area contributed by atoms with E-state index in [1.165, 1.54) is 10.1 Å². The molecule has 2 atom stereocenters. The topological polar surface area (TPSA) is 58.0 Å². The zero-order valence-corrected chi connectivity index (χ0v) is 32.8. The number of para-hydroxylation sites is 2. The summed E-state index contributed by atoms with van der Waals surface area (Å²) in [6, 6.07) is 59.8. The first-order chi connectivity index (χ1) is 28.8. The predicted octanol–water partition coefficient (Wildman–Crippen LogP) is 12.4.